The van der Waals surface area contributed by atoms with Crippen LogP contribution >= 0.6 is 0 Å². The maximum atomic E-state index is 13.4. The molecule has 0 aliphatic rings. The van der Waals surface area contributed by atoms with E-state index in [9.17, 15) is 19.3 Å². The average molecular weight is 310 g/mol. The Labute approximate surface area is 128 Å². The van der Waals surface area contributed by atoms with Crippen LogP contribution in [0.5, 0.6) is 0 Å². The van der Waals surface area contributed by atoms with E-state index in [1.807, 2.05) is 0 Å². The maximum Gasteiger partial charge on any atom is 0.407 e. The molecule has 1 amide bonds. The maximum absolute atomic E-state index is 13.4. The molecule has 0 saturated carbocycles. The number of amides is 1. The summed E-state index contributed by atoms with van der Waals surface area (Å²) in [6.45, 7) is 5.70. The largest absolute Gasteiger partial charge is 0.444 e. The molecular formula is C15H19FN2O4. The standard InChI is InChI=1S/C15H19FN2O4/c1-15(2,3)22-14(19)17-9-5-4-6-11-7-8-13(18(20)21)12(16)10-11/h4,6-8,10H,5,9H2,1-3H3,(H,17,19). The Morgan fingerprint density at radius 1 is 1.45 bits per heavy atom. The fraction of sp³-hybridized carbons (Fsp3) is 0.400. The predicted octanol–water partition coefficient (Wildman–Crippen LogP) is 3.66. The lowest BCUT2D eigenvalue weighted by molar-refractivity contribution is -0.387. The van der Waals surface area contributed by atoms with Gasteiger partial charge < -0.3 is 10.1 Å². The topological polar surface area (TPSA) is 81.5 Å². The normalized spacial score (nSPS) is 11.5. The van der Waals surface area contributed by atoms with Gasteiger partial charge in [0.25, 0.3) is 0 Å². The molecule has 120 valence electrons. The third kappa shape index (κ3) is 6.34. The highest BCUT2D eigenvalue weighted by Crippen LogP contribution is 2.18. The van der Waals surface area contributed by atoms with Crippen LogP contribution in [-0.2, 0) is 4.74 Å². The van der Waals surface area contributed by atoms with Gasteiger partial charge in [0.05, 0.1) is 4.92 Å². The highest BCUT2D eigenvalue weighted by atomic mass is 19.1. The molecule has 0 unspecified atom stereocenters. The van der Waals surface area contributed by atoms with Crippen LogP contribution in [0.25, 0.3) is 6.08 Å². The Morgan fingerprint density at radius 2 is 2.14 bits per heavy atom. The first-order valence-electron chi connectivity index (χ1n) is 6.76. The summed E-state index contributed by atoms with van der Waals surface area (Å²) in [5.41, 5.74) is -0.583. The minimum atomic E-state index is -0.876. The fourth-order valence-corrected chi connectivity index (χ4v) is 1.57. The molecule has 0 saturated heterocycles. The zero-order valence-electron chi connectivity index (χ0n) is 12.8. The van der Waals surface area contributed by atoms with Crippen molar-refractivity contribution in [3.63, 3.8) is 0 Å². The lowest BCUT2D eigenvalue weighted by atomic mass is 10.1. The lowest BCUT2D eigenvalue weighted by Crippen LogP contribution is -2.32. The number of nitro groups is 1. The van der Waals surface area contributed by atoms with Gasteiger partial charge in [-0.3, -0.25) is 10.1 Å². The van der Waals surface area contributed by atoms with Gasteiger partial charge in [-0.15, -0.1) is 0 Å². The third-order valence-corrected chi connectivity index (χ3v) is 2.46. The van der Waals surface area contributed by atoms with Gasteiger partial charge >= 0.3 is 11.8 Å². The van der Waals surface area contributed by atoms with Crippen molar-refractivity contribution in [2.24, 2.45) is 0 Å². The van der Waals surface area contributed by atoms with E-state index in [4.69, 9.17) is 4.74 Å². The number of benzene rings is 1. The van der Waals surface area contributed by atoms with Crippen LogP contribution in [0, 0.1) is 15.9 Å². The number of hydrogen-bond donors (Lipinski definition) is 1. The van der Waals surface area contributed by atoms with Gasteiger partial charge in [-0.2, -0.15) is 4.39 Å². The van der Waals surface area contributed by atoms with Crippen molar-refractivity contribution in [2.75, 3.05) is 6.54 Å². The van der Waals surface area contributed by atoms with Crippen molar-refractivity contribution in [1.82, 2.24) is 5.32 Å². The number of carbonyl (C=O) groups excluding carboxylic acids is 1. The molecule has 1 N–H and O–H groups in total. The summed E-state index contributed by atoms with van der Waals surface area (Å²) in [5, 5.41) is 13.1. The summed E-state index contributed by atoms with van der Waals surface area (Å²) in [6, 6.07) is 3.67. The number of halogens is 1. The molecule has 0 aliphatic carbocycles. The molecule has 1 aromatic rings. The fourth-order valence-electron chi connectivity index (χ4n) is 1.57. The monoisotopic (exact) mass is 310 g/mol. The molecule has 0 bridgehead atoms. The predicted molar refractivity (Wildman–Crippen MR) is 80.9 cm³/mol. The van der Waals surface area contributed by atoms with Crippen molar-refractivity contribution in [3.05, 3.63) is 45.8 Å². The molecule has 1 rings (SSSR count). The van der Waals surface area contributed by atoms with Crippen LogP contribution in [0.1, 0.15) is 32.8 Å². The van der Waals surface area contributed by atoms with E-state index >= 15 is 0 Å². The van der Waals surface area contributed by atoms with Crippen molar-refractivity contribution < 1.29 is 18.8 Å². The molecule has 0 heterocycles. The summed E-state index contributed by atoms with van der Waals surface area (Å²) >= 11 is 0. The molecule has 6 nitrogen and oxygen atoms in total. The minimum absolute atomic E-state index is 0.376. The van der Waals surface area contributed by atoms with Crippen molar-refractivity contribution in [1.29, 1.82) is 0 Å². The minimum Gasteiger partial charge on any atom is -0.444 e. The summed E-state index contributed by atoms with van der Waals surface area (Å²) in [6.07, 6.45) is 3.39. The van der Waals surface area contributed by atoms with Crippen LogP contribution in [0.15, 0.2) is 24.3 Å². The van der Waals surface area contributed by atoms with Crippen LogP contribution < -0.4 is 5.32 Å². The van der Waals surface area contributed by atoms with Gasteiger partial charge in [0.1, 0.15) is 5.60 Å². The number of alkyl carbamates (subject to hydrolysis) is 1. The SMILES string of the molecule is CC(C)(C)OC(=O)NCCC=Cc1ccc([N+](=O)[O-])c(F)c1. The Hall–Kier alpha value is -2.44. The van der Waals surface area contributed by atoms with Gasteiger partial charge in [-0.05, 0) is 44.9 Å². The van der Waals surface area contributed by atoms with E-state index in [0.717, 1.165) is 12.1 Å². The van der Waals surface area contributed by atoms with E-state index in [-0.39, 0.29) is 0 Å². The van der Waals surface area contributed by atoms with Gasteiger partial charge in [0.15, 0.2) is 0 Å². The molecule has 1 aromatic carbocycles. The zero-order valence-corrected chi connectivity index (χ0v) is 12.8. The van der Waals surface area contributed by atoms with E-state index < -0.39 is 28.1 Å². The summed E-state index contributed by atoms with van der Waals surface area (Å²) in [4.78, 5) is 21.1. The second kappa shape index (κ2) is 7.53. The number of hydrogen-bond acceptors (Lipinski definition) is 4. The molecule has 0 aromatic heterocycles. The first-order valence-corrected chi connectivity index (χ1v) is 6.76. The van der Waals surface area contributed by atoms with Crippen LogP contribution in [-0.4, -0.2) is 23.2 Å². The van der Waals surface area contributed by atoms with E-state index in [1.54, 1.807) is 32.9 Å². The quantitative estimate of drug-likeness (QED) is 0.511. The first kappa shape index (κ1) is 17.6. The van der Waals surface area contributed by atoms with Crippen LogP contribution in [0.3, 0.4) is 0 Å². The highest BCUT2D eigenvalue weighted by Gasteiger charge is 2.15. The highest BCUT2D eigenvalue weighted by molar-refractivity contribution is 5.67. The Kier molecular flexibility index (Phi) is 6.03. The van der Waals surface area contributed by atoms with E-state index in [0.29, 0.717) is 18.5 Å². The number of nitro benzene ring substituents is 1. The van der Waals surface area contributed by atoms with Gasteiger partial charge in [0.2, 0.25) is 5.82 Å². The summed E-state index contributed by atoms with van der Waals surface area (Å²) in [7, 11) is 0. The average Bonchev–Trinajstić information content (AvgIpc) is 2.35. The van der Waals surface area contributed by atoms with Gasteiger partial charge in [-0.25, -0.2) is 4.79 Å². The molecule has 0 spiro atoms. The molecule has 0 radical (unpaired) electrons. The number of rotatable bonds is 5. The second-order valence-electron chi connectivity index (χ2n) is 5.59. The van der Waals surface area contributed by atoms with Crippen molar-refractivity contribution in [3.8, 4) is 0 Å². The Bertz CT molecular complexity index is 579. The molecule has 0 atom stereocenters. The molecule has 0 fully saturated rings. The molecular weight excluding hydrogens is 291 g/mol. The van der Waals surface area contributed by atoms with Crippen LogP contribution in [0.4, 0.5) is 14.9 Å². The van der Waals surface area contributed by atoms with E-state index in [2.05, 4.69) is 5.32 Å². The van der Waals surface area contributed by atoms with E-state index in [1.165, 1.54) is 6.07 Å². The summed E-state index contributed by atoms with van der Waals surface area (Å²) in [5.74, 6) is -0.876. The molecule has 7 heteroatoms. The van der Waals surface area contributed by atoms with Gasteiger partial charge in [0, 0.05) is 12.6 Å². The second-order valence-corrected chi connectivity index (χ2v) is 5.59. The van der Waals surface area contributed by atoms with Crippen molar-refractivity contribution in [2.45, 2.75) is 32.8 Å². The first-order chi connectivity index (χ1) is 10.2. The summed E-state index contributed by atoms with van der Waals surface area (Å²) < 4.78 is 18.5. The molecule has 0 aliphatic heterocycles. The zero-order chi connectivity index (χ0) is 16.8. The molecule has 22 heavy (non-hydrogen) atoms. The van der Waals surface area contributed by atoms with Crippen LogP contribution in [0.2, 0.25) is 0 Å². The van der Waals surface area contributed by atoms with Gasteiger partial charge in [-0.1, -0.05) is 12.2 Å². The smallest absolute Gasteiger partial charge is 0.407 e. The Morgan fingerprint density at radius 3 is 2.68 bits per heavy atom. The number of ether oxygens (including phenoxy) is 1. The number of nitrogens with one attached hydrogen (secondary N) is 1. The third-order valence-electron chi connectivity index (χ3n) is 2.46. The van der Waals surface area contributed by atoms with Crippen molar-refractivity contribution >= 4 is 17.9 Å². The number of carbonyl (C=O) groups is 1. The lowest BCUT2D eigenvalue weighted by Gasteiger charge is -2.19. The Balaban J connectivity index is 2.42. The number of nitrogens with zero attached hydrogens (tertiary/aromatic N) is 1.